The van der Waals surface area contributed by atoms with E-state index in [4.69, 9.17) is 0 Å². The van der Waals surface area contributed by atoms with Crippen molar-refractivity contribution in [3.8, 4) is 0 Å². The molecule has 24 heavy (non-hydrogen) atoms. The molecule has 1 aliphatic carbocycles. The predicted octanol–water partition coefficient (Wildman–Crippen LogP) is 2.59. The maximum Gasteiger partial charge on any atom is 0.253 e. The lowest BCUT2D eigenvalue weighted by Crippen LogP contribution is -2.34. The Morgan fingerprint density at radius 1 is 1.25 bits per heavy atom. The molecule has 0 unspecified atom stereocenters. The Labute approximate surface area is 144 Å². The molecule has 1 aliphatic rings. The number of para-hydroxylation sites is 1. The van der Waals surface area contributed by atoms with Gasteiger partial charge in [0.1, 0.15) is 0 Å². The molecule has 0 saturated heterocycles. The lowest BCUT2D eigenvalue weighted by atomic mass is 9.82. The third kappa shape index (κ3) is 4.57. The van der Waals surface area contributed by atoms with Crippen LogP contribution in [0.15, 0.2) is 24.3 Å². The van der Waals surface area contributed by atoms with Crippen molar-refractivity contribution in [1.82, 2.24) is 5.32 Å². The fourth-order valence-corrected chi connectivity index (χ4v) is 3.42. The molecule has 2 atom stereocenters. The number of carbonyl (C=O) groups is 2. The van der Waals surface area contributed by atoms with Gasteiger partial charge in [-0.3, -0.25) is 9.59 Å². The average molecular weight is 332 g/mol. The second-order valence-electron chi connectivity index (χ2n) is 6.61. The molecule has 2 N–H and O–H groups in total. The van der Waals surface area contributed by atoms with E-state index in [1.807, 2.05) is 19.1 Å². The van der Waals surface area contributed by atoms with Gasteiger partial charge in [-0.2, -0.15) is 0 Å². The fourth-order valence-electron chi connectivity index (χ4n) is 3.42. The minimum atomic E-state index is -0.146. The molecule has 0 radical (unpaired) electrons. The number of carbonyl (C=O) groups excluding carboxylic acids is 2. The van der Waals surface area contributed by atoms with Crippen LogP contribution in [-0.4, -0.2) is 37.1 Å². The van der Waals surface area contributed by atoms with Gasteiger partial charge in [-0.25, -0.2) is 0 Å². The van der Waals surface area contributed by atoms with E-state index in [0.29, 0.717) is 36.1 Å². The summed E-state index contributed by atoms with van der Waals surface area (Å²) in [6, 6.07) is 7.19. The Morgan fingerprint density at radius 2 is 1.96 bits per heavy atom. The normalized spacial score (nSPS) is 20.5. The zero-order chi connectivity index (χ0) is 17.5. The summed E-state index contributed by atoms with van der Waals surface area (Å²) >= 11 is 0. The number of anilines is 1. The van der Waals surface area contributed by atoms with Crippen LogP contribution in [0.4, 0.5) is 5.69 Å². The van der Waals surface area contributed by atoms with E-state index in [0.717, 1.165) is 25.7 Å². The van der Waals surface area contributed by atoms with E-state index in [2.05, 4.69) is 5.32 Å². The highest BCUT2D eigenvalue weighted by Gasteiger charge is 2.23. The van der Waals surface area contributed by atoms with Gasteiger partial charge in [-0.1, -0.05) is 25.5 Å². The Kier molecular flexibility index (Phi) is 6.79. The topological polar surface area (TPSA) is 69.6 Å². The molecule has 1 aromatic carbocycles. The number of nitrogens with zero attached hydrogens (tertiary/aromatic N) is 1. The quantitative estimate of drug-likeness (QED) is 0.841. The van der Waals surface area contributed by atoms with E-state index < -0.39 is 0 Å². The molecule has 5 heteroatoms. The van der Waals surface area contributed by atoms with Gasteiger partial charge in [-0.05, 0) is 43.2 Å². The third-order valence-corrected chi connectivity index (χ3v) is 4.89. The van der Waals surface area contributed by atoms with Gasteiger partial charge in [0.05, 0.1) is 11.3 Å². The summed E-state index contributed by atoms with van der Waals surface area (Å²) in [5.74, 6) is 0.615. The van der Waals surface area contributed by atoms with Crippen LogP contribution in [0.25, 0.3) is 0 Å². The van der Waals surface area contributed by atoms with Gasteiger partial charge in [0, 0.05) is 26.6 Å². The summed E-state index contributed by atoms with van der Waals surface area (Å²) in [5, 5.41) is 12.3. The summed E-state index contributed by atoms with van der Waals surface area (Å²) in [6.07, 6.45) is 4.64. The Hall–Kier alpha value is -1.88. The van der Waals surface area contributed by atoms with Crippen LogP contribution in [-0.2, 0) is 4.79 Å². The molecule has 5 nitrogen and oxygen atoms in total. The molecule has 1 aromatic rings. The molecule has 1 fully saturated rings. The first-order chi connectivity index (χ1) is 11.6. The number of benzene rings is 1. The number of aliphatic hydroxyl groups excluding tert-OH is 1. The maximum absolute atomic E-state index is 12.6. The van der Waals surface area contributed by atoms with Gasteiger partial charge in [-0.15, -0.1) is 0 Å². The molecule has 0 aromatic heterocycles. The van der Waals surface area contributed by atoms with Crippen LogP contribution < -0.4 is 10.2 Å². The second kappa shape index (κ2) is 8.83. The zero-order valence-corrected chi connectivity index (χ0v) is 14.6. The van der Waals surface area contributed by atoms with E-state index >= 15 is 0 Å². The Morgan fingerprint density at radius 3 is 2.67 bits per heavy atom. The van der Waals surface area contributed by atoms with Crippen molar-refractivity contribution in [1.29, 1.82) is 0 Å². The van der Waals surface area contributed by atoms with Crippen LogP contribution in [0.3, 0.4) is 0 Å². The molecule has 2 rings (SSSR count). The highest BCUT2D eigenvalue weighted by molar-refractivity contribution is 6.04. The van der Waals surface area contributed by atoms with Crippen LogP contribution >= 0.6 is 0 Å². The van der Waals surface area contributed by atoms with Crippen LogP contribution in [0.1, 0.15) is 49.4 Å². The second-order valence-corrected chi connectivity index (χ2v) is 6.61. The van der Waals surface area contributed by atoms with Crippen LogP contribution in [0.5, 0.6) is 0 Å². The highest BCUT2D eigenvalue weighted by atomic mass is 16.3. The van der Waals surface area contributed by atoms with E-state index in [-0.39, 0.29) is 18.4 Å². The van der Waals surface area contributed by atoms with Crippen LogP contribution in [0, 0.1) is 11.8 Å². The van der Waals surface area contributed by atoms with Crippen molar-refractivity contribution in [3.05, 3.63) is 29.8 Å². The van der Waals surface area contributed by atoms with Crippen molar-refractivity contribution in [2.24, 2.45) is 11.8 Å². The van der Waals surface area contributed by atoms with Crippen molar-refractivity contribution in [3.63, 3.8) is 0 Å². The third-order valence-electron chi connectivity index (χ3n) is 4.89. The lowest BCUT2D eigenvalue weighted by Gasteiger charge is -2.28. The van der Waals surface area contributed by atoms with Crippen molar-refractivity contribution < 1.29 is 14.7 Å². The molecule has 0 spiro atoms. The molecule has 0 heterocycles. The van der Waals surface area contributed by atoms with E-state index in [1.165, 1.54) is 4.90 Å². The molecular formula is C19H28N2O3. The minimum Gasteiger partial charge on any atom is -0.396 e. The zero-order valence-electron chi connectivity index (χ0n) is 14.6. The lowest BCUT2D eigenvalue weighted by molar-refractivity contribution is -0.118. The Bertz CT molecular complexity index is 573. The van der Waals surface area contributed by atoms with Crippen molar-refractivity contribution >= 4 is 17.5 Å². The SMILES string of the molecule is CCC(=O)N(C)c1ccccc1C(=O)NC[C@H]1CCC[C@@H](CO)C1. The first-order valence-corrected chi connectivity index (χ1v) is 8.81. The number of hydrogen-bond acceptors (Lipinski definition) is 3. The summed E-state index contributed by atoms with van der Waals surface area (Å²) in [5.41, 5.74) is 1.16. The standard InChI is InChI=1S/C19H28N2O3/c1-3-18(23)21(2)17-10-5-4-9-16(17)19(24)20-12-14-7-6-8-15(11-14)13-22/h4-5,9-10,14-15,22H,3,6-8,11-13H2,1-2H3,(H,20,24)/t14-,15+/m0/s1. The predicted molar refractivity (Wildman–Crippen MR) is 95.0 cm³/mol. The average Bonchev–Trinajstić information content (AvgIpc) is 2.64. The smallest absolute Gasteiger partial charge is 0.253 e. The summed E-state index contributed by atoms with van der Waals surface area (Å²) in [7, 11) is 1.70. The number of hydrogen-bond donors (Lipinski definition) is 2. The van der Waals surface area contributed by atoms with Gasteiger partial charge in [0.15, 0.2) is 0 Å². The van der Waals surface area contributed by atoms with E-state index in [9.17, 15) is 14.7 Å². The van der Waals surface area contributed by atoms with Crippen molar-refractivity contribution in [2.45, 2.75) is 39.0 Å². The van der Waals surface area contributed by atoms with Crippen LogP contribution in [0.2, 0.25) is 0 Å². The molecule has 2 amide bonds. The largest absolute Gasteiger partial charge is 0.396 e. The van der Waals surface area contributed by atoms with Gasteiger partial charge in [0.25, 0.3) is 5.91 Å². The first-order valence-electron chi connectivity index (χ1n) is 8.81. The Balaban J connectivity index is 2.01. The van der Waals surface area contributed by atoms with Gasteiger partial charge < -0.3 is 15.3 Å². The van der Waals surface area contributed by atoms with E-state index in [1.54, 1.807) is 19.2 Å². The number of aliphatic hydroxyl groups is 1. The summed E-state index contributed by atoms with van der Waals surface area (Å²) < 4.78 is 0. The molecule has 1 saturated carbocycles. The monoisotopic (exact) mass is 332 g/mol. The van der Waals surface area contributed by atoms with Gasteiger partial charge in [0.2, 0.25) is 5.91 Å². The van der Waals surface area contributed by atoms with Crippen molar-refractivity contribution in [2.75, 3.05) is 25.1 Å². The van der Waals surface area contributed by atoms with Gasteiger partial charge >= 0.3 is 0 Å². The highest BCUT2D eigenvalue weighted by Crippen LogP contribution is 2.28. The maximum atomic E-state index is 12.6. The fraction of sp³-hybridized carbons (Fsp3) is 0.579. The summed E-state index contributed by atoms with van der Waals surface area (Å²) in [6.45, 7) is 2.66. The number of rotatable bonds is 6. The number of nitrogens with one attached hydrogen (secondary N) is 1. The number of amides is 2. The first kappa shape index (κ1) is 18.5. The molecule has 0 aliphatic heterocycles. The molecular weight excluding hydrogens is 304 g/mol. The molecule has 132 valence electrons. The summed E-state index contributed by atoms with van der Waals surface area (Å²) in [4.78, 5) is 26.0. The molecule has 0 bridgehead atoms. The minimum absolute atomic E-state index is 0.0201.